The summed E-state index contributed by atoms with van der Waals surface area (Å²) in [5.74, 6) is 0.971. The van der Waals surface area contributed by atoms with Crippen LogP contribution in [-0.4, -0.2) is 11.5 Å². The van der Waals surface area contributed by atoms with E-state index in [1.807, 2.05) is 27.7 Å². The number of hydrogen-bond donors (Lipinski definition) is 1. The first-order valence-electron chi connectivity index (χ1n) is 4.28. The second-order valence-corrected chi connectivity index (χ2v) is 3.44. The first-order valence-corrected chi connectivity index (χ1v) is 4.28. The van der Waals surface area contributed by atoms with E-state index in [1.165, 1.54) is 0 Å². The number of nitrogens with zero attached hydrogens (tertiary/aromatic N) is 1. The minimum absolute atomic E-state index is 0.193. The highest BCUT2D eigenvalue weighted by atomic mass is 14.8. The maximum atomic E-state index is 7.54. The molecule has 0 aromatic heterocycles. The standard InChI is InChI=1S/C10H18N2/c1-6-9(7(2)3)12-10(11)8(4)5/h6-8,11H,1H2,2-5H3/b11-10?,12-9+. The molecule has 0 aliphatic carbocycles. The highest BCUT2D eigenvalue weighted by molar-refractivity contribution is 6.04. The Bertz CT molecular complexity index is 200. The zero-order chi connectivity index (χ0) is 9.72. The molecule has 1 N–H and O–H groups in total. The van der Waals surface area contributed by atoms with Crippen LogP contribution in [0.5, 0.6) is 0 Å². The highest BCUT2D eigenvalue weighted by Crippen LogP contribution is 2.02. The molecule has 68 valence electrons. The van der Waals surface area contributed by atoms with Gasteiger partial charge >= 0.3 is 0 Å². The fraction of sp³-hybridized carbons (Fsp3) is 0.600. The van der Waals surface area contributed by atoms with Gasteiger partial charge in [-0.15, -0.1) is 0 Å². The number of amidine groups is 1. The van der Waals surface area contributed by atoms with E-state index in [1.54, 1.807) is 6.08 Å². The quantitative estimate of drug-likeness (QED) is 0.494. The van der Waals surface area contributed by atoms with Crippen molar-refractivity contribution in [3.05, 3.63) is 12.7 Å². The Kier molecular flexibility index (Phi) is 4.49. The minimum Gasteiger partial charge on any atom is -0.286 e. The van der Waals surface area contributed by atoms with Crippen molar-refractivity contribution in [3.8, 4) is 0 Å². The summed E-state index contributed by atoms with van der Waals surface area (Å²) >= 11 is 0. The van der Waals surface area contributed by atoms with Gasteiger partial charge in [0.05, 0.1) is 0 Å². The average Bonchev–Trinajstić information content (AvgIpc) is 1.98. The van der Waals surface area contributed by atoms with Crippen LogP contribution in [0.2, 0.25) is 0 Å². The predicted octanol–water partition coefficient (Wildman–Crippen LogP) is 2.90. The van der Waals surface area contributed by atoms with Crippen molar-refractivity contribution in [2.75, 3.05) is 0 Å². The summed E-state index contributed by atoms with van der Waals surface area (Å²) in [5.41, 5.74) is 0.897. The molecule has 0 spiro atoms. The van der Waals surface area contributed by atoms with E-state index < -0.39 is 0 Å². The van der Waals surface area contributed by atoms with Crippen molar-refractivity contribution in [3.63, 3.8) is 0 Å². The third-order valence-corrected chi connectivity index (χ3v) is 1.60. The second kappa shape index (κ2) is 4.86. The van der Waals surface area contributed by atoms with Crippen molar-refractivity contribution in [1.29, 1.82) is 5.41 Å². The number of nitrogens with one attached hydrogen (secondary N) is 1. The molecule has 2 heteroatoms. The van der Waals surface area contributed by atoms with E-state index in [4.69, 9.17) is 5.41 Å². The van der Waals surface area contributed by atoms with Gasteiger partial charge in [0.25, 0.3) is 0 Å². The van der Waals surface area contributed by atoms with Crippen molar-refractivity contribution < 1.29 is 0 Å². The number of hydrogen-bond acceptors (Lipinski definition) is 1. The Hall–Kier alpha value is -0.920. The molecule has 12 heavy (non-hydrogen) atoms. The third-order valence-electron chi connectivity index (χ3n) is 1.60. The first kappa shape index (κ1) is 11.1. The molecule has 0 fully saturated rings. The largest absolute Gasteiger partial charge is 0.286 e. The summed E-state index contributed by atoms with van der Waals surface area (Å²) in [6.07, 6.45) is 1.72. The Morgan fingerprint density at radius 2 is 1.75 bits per heavy atom. The zero-order valence-electron chi connectivity index (χ0n) is 8.39. The molecule has 0 heterocycles. The van der Waals surface area contributed by atoms with Gasteiger partial charge in [0.2, 0.25) is 0 Å². The smallest absolute Gasteiger partial charge is 0.123 e. The van der Waals surface area contributed by atoms with Crippen LogP contribution < -0.4 is 0 Å². The van der Waals surface area contributed by atoms with Crippen LogP contribution in [0, 0.1) is 17.2 Å². The number of allylic oxidation sites excluding steroid dienone is 1. The molecule has 0 aliphatic heterocycles. The summed E-state index contributed by atoms with van der Waals surface area (Å²) in [4.78, 5) is 4.18. The Morgan fingerprint density at radius 1 is 1.25 bits per heavy atom. The predicted molar refractivity (Wildman–Crippen MR) is 55.0 cm³/mol. The van der Waals surface area contributed by atoms with Crippen LogP contribution in [0.1, 0.15) is 27.7 Å². The molecule has 0 bridgehead atoms. The third kappa shape index (κ3) is 3.46. The summed E-state index contributed by atoms with van der Waals surface area (Å²) in [7, 11) is 0. The maximum Gasteiger partial charge on any atom is 0.123 e. The fourth-order valence-electron chi connectivity index (χ4n) is 0.679. The second-order valence-electron chi connectivity index (χ2n) is 3.44. The van der Waals surface area contributed by atoms with E-state index >= 15 is 0 Å². The van der Waals surface area contributed by atoms with Gasteiger partial charge in [0.1, 0.15) is 5.84 Å². The molecule has 0 saturated heterocycles. The maximum absolute atomic E-state index is 7.54. The lowest BCUT2D eigenvalue weighted by atomic mass is 10.1. The molecule has 0 atom stereocenters. The molecule has 0 saturated carbocycles. The Labute approximate surface area is 74.9 Å². The SMILES string of the molecule is C=C/C(=N\C(=N)C(C)C)C(C)C. The zero-order valence-corrected chi connectivity index (χ0v) is 8.39. The van der Waals surface area contributed by atoms with Crippen LogP contribution in [0.15, 0.2) is 17.6 Å². The topological polar surface area (TPSA) is 36.2 Å². The molecular weight excluding hydrogens is 148 g/mol. The van der Waals surface area contributed by atoms with Crippen molar-refractivity contribution in [1.82, 2.24) is 0 Å². The van der Waals surface area contributed by atoms with E-state index in [-0.39, 0.29) is 5.92 Å². The minimum atomic E-state index is 0.193. The van der Waals surface area contributed by atoms with Crippen LogP contribution in [-0.2, 0) is 0 Å². The van der Waals surface area contributed by atoms with E-state index in [2.05, 4.69) is 11.6 Å². The molecule has 0 aromatic carbocycles. The lowest BCUT2D eigenvalue weighted by molar-refractivity contribution is 0.852. The van der Waals surface area contributed by atoms with E-state index in [0.717, 1.165) is 5.71 Å². The molecule has 0 aromatic rings. The van der Waals surface area contributed by atoms with Crippen LogP contribution in [0.25, 0.3) is 0 Å². The van der Waals surface area contributed by atoms with Gasteiger partial charge in [-0.05, 0) is 12.0 Å². The van der Waals surface area contributed by atoms with Crippen LogP contribution in [0.4, 0.5) is 0 Å². The van der Waals surface area contributed by atoms with Crippen LogP contribution >= 0.6 is 0 Å². The van der Waals surface area contributed by atoms with Gasteiger partial charge < -0.3 is 0 Å². The Morgan fingerprint density at radius 3 is 2.00 bits per heavy atom. The lowest BCUT2D eigenvalue weighted by Crippen LogP contribution is -2.10. The lowest BCUT2D eigenvalue weighted by Gasteiger charge is -2.07. The van der Waals surface area contributed by atoms with Gasteiger partial charge in [-0.2, -0.15) is 0 Å². The van der Waals surface area contributed by atoms with Gasteiger partial charge in [-0.25, -0.2) is 4.99 Å². The summed E-state index contributed by atoms with van der Waals surface area (Å²) < 4.78 is 0. The number of rotatable bonds is 3. The highest BCUT2D eigenvalue weighted by Gasteiger charge is 2.04. The van der Waals surface area contributed by atoms with E-state index in [9.17, 15) is 0 Å². The van der Waals surface area contributed by atoms with Crippen LogP contribution in [0.3, 0.4) is 0 Å². The van der Waals surface area contributed by atoms with Gasteiger partial charge in [-0.1, -0.05) is 34.3 Å². The van der Waals surface area contributed by atoms with Crippen molar-refractivity contribution in [2.24, 2.45) is 16.8 Å². The van der Waals surface area contributed by atoms with Crippen molar-refractivity contribution in [2.45, 2.75) is 27.7 Å². The molecule has 0 aliphatic rings. The number of aliphatic imine (C=N–C) groups is 1. The normalized spacial score (nSPS) is 12.3. The average molecular weight is 166 g/mol. The summed E-state index contributed by atoms with van der Waals surface area (Å²) in [6, 6.07) is 0. The molecule has 0 amide bonds. The molecular formula is C10H18N2. The fourth-order valence-corrected chi connectivity index (χ4v) is 0.679. The Balaban J connectivity index is 4.49. The van der Waals surface area contributed by atoms with Crippen molar-refractivity contribution >= 4 is 11.5 Å². The summed E-state index contributed by atoms with van der Waals surface area (Å²) in [6.45, 7) is 11.7. The monoisotopic (exact) mass is 166 g/mol. The first-order chi connectivity index (χ1) is 5.49. The molecule has 0 rings (SSSR count). The molecule has 0 radical (unpaired) electrons. The van der Waals surface area contributed by atoms with Gasteiger partial charge in [0.15, 0.2) is 0 Å². The summed E-state index contributed by atoms with van der Waals surface area (Å²) in [5, 5.41) is 7.54. The molecule has 0 unspecified atom stereocenters. The van der Waals surface area contributed by atoms with Gasteiger partial charge in [0, 0.05) is 11.6 Å². The van der Waals surface area contributed by atoms with Gasteiger partial charge in [-0.3, -0.25) is 5.41 Å². The van der Waals surface area contributed by atoms with E-state index in [0.29, 0.717) is 11.8 Å². The molecule has 2 nitrogen and oxygen atoms in total.